The highest BCUT2D eigenvalue weighted by Crippen LogP contribution is 2.49. The molecule has 1 N–H and O–H groups in total. The lowest BCUT2D eigenvalue weighted by Gasteiger charge is -2.53. The fourth-order valence-electron chi connectivity index (χ4n) is 4.70. The van der Waals surface area contributed by atoms with Gasteiger partial charge in [-0.05, 0) is 30.9 Å². The number of ether oxygens (including phenoxy) is 1. The lowest BCUT2D eigenvalue weighted by molar-refractivity contribution is -0.127. The third-order valence-electron chi connectivity index (χ3n) is 5.87. The lowest BCUT2D eigenvalue weighted by atomic mass is 9.65. The second kappa shape index (κ2) is 8.21. The smallest absolute Gasteiger partial charge is 0.254 e. The summed E-state index contributed by atoms with van der Waals surface area (Å²) in [7, 11) is 1.65. The minimum absolute atomic E-state index is 0.0408. The van der Waals surface area contributed by atoms with Crippen molar-refractivity contribution in [2.45, 2.75) is 56.9 Å². The van der Waals surface area contributed by atoms with E-state index in [-0.39, 0.29) is 17.7 Å². The molecule has 2 aliphatic rings. The van der Waals surface area contributed by atoms with Gasteiger partial charge in [0.15, 0.2) is 0 Å². The summed E-state index contributed by atoms with van der Waals surface area (Å²) in [6.07, 6.45) is 5.92. The van der Waals surface area contributed by atoms with Crippen molar-refractivity contribution in [3.63, 3.8) is 0 Å². The van der Waals surface area contributed by atoms with Crippen LogP contribution in [-0.4, -0.2) is 49.1 Å². The normalized spacial score (nSPS) is 21.5. The zero-order valence-electron chi connectivity index (χ0n) is 15.9. The van der Waals surface area contributed by atoms with Crippen LogP contribution in [0, 0.1) is 0 Å². The van der Waals surface area contributed by atoms with Crippen LogP contribution in [0.5, 0.6) is 0 Å². The number of hydrogen-bond acceptors (Lipinski definition) is 3. The van der Waals surface area contributed by atoms with Crippen LogP contribution in [-0.2, 0) is 9.53 Å². The number of fused-ring (bicyclic) bond motifs is 1. The van der Waals surface area contributed by atoms with Gasteiger partial charge >= 0.3 is 0 Å². The van der Waals surface area contributed by atoms with Crippen LogP contribution in [0.2, 0.25) is 0 Å². The highest BCUT2D eigenvalue weighted by Gasteiger charge is 2.54. The molecule has 1 aromatic carbocycles. The Hall–Kier alpha value is -1.88. The van der Waals surface area contributed by atoms with Gasteiger partial charge < -0.3 is 15.0 Å². The lowest BCUT2D eigenvalue weighted by Crippen LogP contribution is -2.63. The Morgan fingerprint density at radius 2 is 2.00 bits per heavy atom. The van der Waals surface area contributed by atoms with E-state index in [4.69, 9.17) is 4.74 Å². The summed E-state index contributed by atoms with van der Waals surface area (Å²) in [4.78, 5) is 28.5. The molecule has 5 heteroatoms. The number of methoxy groups -OCH3 is 1. The van der Waals surface area contributed by atoms with E-state index < -0.39 is 5.54 Å². The highest BCUT2D eigenvalue weighted by molar-refractivity contribution is 6.02. The summed E-state index contributed by atoms with van der Waals surface area (Å²) in [5.74, 6) is -0.213. The van der Waals surface area contributed by atoms with Crippen LogP contribution in [0.3, 0.4) is 0 Å². The minimum Gasteiger partial charge on any atom is -0.383 e. The van der Waals surface area contributed by atoms with Crippen molar-refractivity contribution in [1.82, 2.24) is 10.2 Å². The van der Waals surface area contributed by atoms with Crippen molar-refractivity contribution in [2.75, 3.05) is 26.8 Å². The van der Waals surface area contributed by atoms with E-state index in [1.165, 1.54) is 6.42 Å². The number of carbonyl (C=O) groups excluding carboxylic acids is 2. The quantitative estimate of drug-likeness (QED) is 0.850. The van der Waals surface area contributed by atoms with Gasteiger partial charge in [-0.2, -0.15) is 0 Å². The Labute approximate surface area is 156 Å². The third-order valence-corrected chi connectivity index (χ3v) is 5.87. The van der Waals surface area contributed by atoms with Gasteiger partial charge in [0.1, 0.15) is 0 Å². The first-order chi connectivity index (χ1) is 12.7. The molecule has 0 radical (unpaired) electrons. The van der Waals surface area contributed by atoms with Crippen molar-refractivity contribution in [3.05, 3.63) is 35.4 Å². The fraction of sp³-hybridized carbons (Fsp3) is 0.619. The van der Waals surface area contributed by atoms with E-state index in [0.29, 0.717) is 25.3 Å². The number of nitrogens with zero attached hydrogens (tertiary/aromatic N) is 1. The molecule has 0 bridgehead atoms. The Morgan fingerprint density at radius 1 is 1.27 bits per heavy atom. The molecule has 1 heterocycles. The highest BCUT2D eigenvalue weighted by atomic mass is 16.5. The number of hydrogen-bond donors (Lipinski definition) is 1. The van der Waals surface area contributed by atoms with Crippen molar-refractivity contribution in [2.24, 2.45) is 0 Å². The van der Waals surface area contributed by atoms with E-state index in [2.05, 4.69) is 12.2 Å². The van der Waals surface area contributed by atoms with Crippen molar-refractivity contribution in [1.29, 1.82) is 0 Å². The zero-order chi connectivity index (χ0) is 18.6. The molecule has 142 valence electrons. The summed E-state index contributed by atoms with van der Waals surface area (Å²) in [6.45, 7) is 3.74. The molecule has 26 heavy (non-hydrogen) atoms. The van der Waals surface area contributed by atoms with E-state index >= 15 is 0 Å². The second-order valence-corrected chi connectivity index (χ2v) is 7.43. The van der Waals surface area contributed by atoms with E-state index in [1.807, 2.05) is 29.2 Å². The molecule has 1 aromatic rings. The first-order valence-electron chi connectivity index (χ1n) is 9.83. The Kier molecular flexibility index (Phi) is 5.97. The van der Waals surface area contributed by atoms with Gasteiger partial charge in [-0.1, -0.05) is 44.4 Å². The third kappa shape index (κ3) is 3.25. The number of carbonyl (C=O) groups is 2. The summed E-state index contributed by atoms with van der Waals surface area (Å²) < 4.78 is 5.28. The summed E-state index contributed by atoms with van der Waals surface area (Å²) >= 11 is 0. The van der Waals surface area contributed by atoms with Crippen LogP contribution in [0.4, 0.5) is 0 Å². The van der Waals surface area contributed by atoms with E-state index in [1.54, 1.807) is 7.11 Å². The minimum atomic E-state index is -0.431. The number of benzene rings is 1. The number of nitrogens with one attached hydrogen (secondary N) is 1. The monoisotopic (exact) mass is 358 g/mol. The average molecular weight is 358 g/mol. The molecule has 1 atom stereocenters. The molecule has 1 unspecified atom stereocenters. The molecule has 1 aliphatic heterocycles. The molecule has 1 saturated carbocycles. The molecule has 5 nitrogen and oxygen atoms in total. The van der Waals surface area contributed by atoms with Gasteiger partial charge in [0.2, 0.25) is 5.91 Å². The van der Waals surface area contributed by atoms with Gasteiger partial charge in [-0.15, -0.1) is 0 Å². The van der Waals surface area contributed by atoms with Gasteiger partial charge in [0.05, 0.1) is 18.1 Å². The standard InChI is InChI=1S/C21H30N2O3/c1-3-13-22-19(24)18-16-9-5-6-10-17(16)20(25)23(14-15-26-2)21(18)11-7-4-8-12-21/h5-6,9-10,18H,3-4,7-8,11-15H2,1-2H3,(H,22,24). The van der Waals surface area contributed by atoms with Crippen molar-refractivity contribution in [3.8, 4) is 0 Å². The zero-order valence-corrected chi connectivity index (χ0v) is 15.9. The fourth-order valence-corrected chi connectivity index (χ4v) is 4.70. The van der Waals surface area contributed by atoms with E-state index in [0.717, 1.165) is 37.7 Å². The molecule has 1 fully saturated rings. The molecular formula is C21H30N2O3. The molecule has 2 amide bonds. The summed E-state index contributed by atoms with van der Waals surface area (Å²) in [5, 5.41) is 3.10. The number of amides is 2. The van der Waals surface area contributed by atoms with Crippen LogP contribution >= 0.6 is 0 Å². The van der Waals surface area contributed by atoms with Crippen molar-refractivity contribution < 1.29 is 14.3 Å². The maximum atomic E-state index is 13.3. The predicted octanol–water partition coefficient (Wildman–Crippen LogP) is 3.10. The number of rotatable bonds is 6. The van der Waals surface area contributed by atoms with Crippen LogP contribution in [0.1, 0.15) is 67.3 Å². The van der Waals surface area contributed by atoms with Crippen molar-refractivity contribution >= 4 is 11.8 Å². The van der Waals surface area contributed by atoms with Crippen LogP contribution in [0.15, 0.2) is 24.3 Å². The molecular weight excluding hydrogens is 328 g/mol. The average Bonchev–Trinajstić information content (AvgIpc) is 2.67. The Balaban J connectivity index is 2.10. The Bertz CT molecular complexity index is 652. The molecule has 0 saturated heterocycles. The summed E-state index contributed by atoms with van der Waals surface area (Å²) in [5.41, 5.74) is 1.12. The maximum absolute atomic E-state index is 13.3. The first-order valence-corrected chi connectivity index (χ1v) is 9.83. The molecule has 3 rings (SSSR count). The predicted molar refractivity (Wildman–Crippen MR) is 101 cm³/mol. The first kappa shape index (κ1) is 18.9. The molecule has 1 aliphatic carbocycles. The Morgan fingerprint density at radius 3 is 2.69 bits per heavy atom. The van der Waals surface area contributed by atoms with Gasteiger partial charge in [0, 0.05) is 25.8 Å². The maximum Gasteiger partial charge on any atom is 0.254 e. The van der Waals surface area contributed by atoms with E-state index in [9.17, 15) is 9.59 Å². The second-order valence-electron chi connectivity index (χ2n) is 7.43. The largest absolute Gasteiger partial charge is 0.383 e. The van der Waals surface area contributed by atoms with Gasteiger partial charge in [0.25, 0.3) is 5.91 Å². The molecule has 0 aromatic heterocycles. The van der Waals surface area contributed by atoms with Gasteiger partial charge in [-0.3, -0.25) is 9.59 Å². The topological polar surface area (TPSA) is 58.6 Å². The van der Waals surface area contributed by atoms with Crippen LogP contribution < -0.4 is 5.32 Å². The SMILES string of the molecule is CCCNC(=O)C1c2ccccc2C(=O)N(CCOC)C12CCCCC2. The van der Waals surface area contributed by atoms with Crippen LogP contribution in [0.25, 0.3) is 0 Å². The van der Waals surface area contributed by atoms with Gasteiger partial charge in [-0.25, -0.2) is 0 Å². The molecule has 1 spiro atoms. The summed E-state index contributed by atoms with van der Waals surface area (Å²) in [6, 6.07) is 7.64.